The summed E-state index contributed by atoms with van der Waals surface area (Å²) < 4.78 is 42.2. The minimum atomic E-state index is -3.72. The molecule has 0 fully saturated rings. The molecular weight excluding hydrogens is 383 g/mol. The Balaban J connectivity index is 1.61. The maximum absolute atomic E-state index is 13.2. The van der Waals surface area contributed by atoms with Crippen LogP contribution in [0.5, 0.6) is 0 Å². The molecule has 0 spiro atoms. The van der Waals surface area contributed by atoms with Gasteiger partial charge in [0.1, 0.15) is 30.1 Å². The molecule has 0 aliphatic carbocycles. The SMILES string of the molecule is Cc1cc(F)ccc1S(=O)(=O)NCCNc1cc(-n2cnc(C)c2C)ncn1. The molecule has 3 aromatic rings. The molecule has 28 heavy (non-hydrogen) atoms. The Morgan fingerprint density at radius 3 is 2.54 bits per heavy atom. The topological polar surface area (TPSA) is 102 Å². The van der Waals surface area contributed by atoms with Crippen LogP contribution >= 0.6 is 0 Å². The predicted molar refractivity (Wildman–Crippen MR) is 103 cm³/mol. The minimum absolute atomic E-state index is 0.0594. The fourth-order valence-corrected chi connectivity index (χ4v) is 3.93. The number of anilines is 1. The first-order valence-corrected chi connectivity index (χ1v) is 10.1. The van der Waals surface area contributed by atoms with Crippen molar-refractivity contribution in [3.8, 4) is 5.82 Å². The van der Waals surface area contributed by atoms with Crippen molar-refractivity contribution >= 4 is 15.8 Å². The molecule has 0 bridgehead atoms. The van der Waals surface area contributed by atoms with Crippen molar-refractivity contribution in [1.29, 1.82) is 0 Å². The average Bonchev–Trinajstić information content (AvgIpc) is 2.98. The van der Waals surface area contributed by atoms with E-state index in [0.717, 1.165) is 17.5 Å². The highest BCUT2D eigenvalue weighted by molar-refractivity contribution is 7.89. The smallest absolute Gasteiger partial charge is 0.240 e. The lowest BCUT2D eigenvalue weighted by molar-refractivity contribution is 0.581. The van der Waals surface area contributed by atoms with Gasteiger partial charge in [0.15, 0.2) is 0 Å². The molecule has 2 N–H and O–H groups in total. The lowest BCUT2D eigenvalue weighted by atomic mass is 10.2. The highest BCUT2D eigenvalue weighted by atomic mass is 32.2. The molecule has 0 aliphatic heterocycles. The zero-order valence-corrected chi connectivity index (χ0v) is 16.6. The van der Waals surface area contributed by atoms with Crippen LogP contribution in [0.25, 0.3) is 5.82 Å². The summed E-state index contributed by atoms with van der Waals surface area (Å²) >= 11 is 0. The molecule has 148 valence electrons. The van der Waals surface area contributed by atoms with Crippen LogP contribution in [0.3, 0.4) is 0 Å². The Hall–Kier alpha value is -2.85. The summed E-state index contributed by atoms with van der Waals surface area (Å²) in [4.78, 5) is 12.7. The van der Waals surface area contributed by atoms with Gasteiger partial charge in [0, 0.05) is 24.8 Å². The molecule has 1 aromatic carbocycles. The molecule has 8 nitrogen and oxygen atoms in total. The first-order valence-electron chi connectivity index (χ1n) is 8.60. The van der Waals surface area contributed by atoms with E-state index in [2.05, 4.69) is 25.0 Å². The van der Waals surface area contributed by atoms with Gasteiger partial charge in [0.2, 0.25) is 10.0 Å². The first-order chi connectivity index (χ1) is 13.3. The van der Waals surface area contributed by atoms with Crippen molar-refractivity contribution < 1.29 is 12.8 Å². The molecule has 0 radical (unpaired) electrons. The zero-order valence-electron chi connectivity index (χ0n) is 15.8. The Morgan fingerprint density at radius 1 is 1.07 bits per heavy atom. The number of rotatable bonds is 7. The van der Waals surface area contributed by atoms with Crippen LogP contribution in [-0.2, 0) is 10.0 Å². The summed E-state index contributed by atoms with van der Waals surface area (Å²) in [5.41, 5.74) is 2.25. The molecule has 0 amide bonds. The third kappa shape index (κ3) is 4.34. The van der Waals surface area contributed by atoms with Gasteiger partial charge in [-0.15, -0.1) is 0 Å². The van der Waals surface area contributed by atoms with Gasteiger partial charge in [0.05, 0.1) is 10.6 Å². The van der Waals surface area contributed by atoms with Gasteiger partial charge in [-0.05, 0) is 44.5 Å². The van der Waals surface area contributed by atoms with E-state index in [0.29, 0.717) is 23.7 Å². The van der Waals surface area contributed by atoms with Gasteiger partial charge in [-0.3, -0.25) is 4.57 Å². The number of benzene rings is 1. The third-order valence-corrected chi connectivity index (χ3v) is 5.92. The van der Waals surface area contributed by atoms with E-state index in [1.54, 1.807) is 19.3 Å². The molecular formula is C18H21FN6O2S. The summed E-state index contributed by atoms with van der Waals surface area (Å²) in [7, 11) is -3.72. The van der Waals surface area contributed by atoms with Crippen LogP contribution in [-0.4, -0.2) is 41.0 Å². The molecule has 0 atom stereocenters. The van der Waals surface area contributed by atoms with E-state index in [-0.39, 0.29) is 11.4 Å². The van der Waals surface area contributed by atoms with Crippen molar-refractivity contribution in [2.24, 2.45) is 0 Å². The second-order valence-electron chi connectivity index (χ2n) is 6.28. The standard InChI is InChI=1S/C18H21FN6O2S/c1-12-8-15(19)4-5-16(12)28(26,27)24-7-6-20-17-9-18(22-10-21-17)25-11-23-13(2)14(25)3/h4-5,8-11,24H,6-7H2,1-3H3,(H,20,21,22). The maximum atomic E-state index is 13.2. The second kappa shape index (κ2) is 8.03. The second-order valence-corrected chi connectivity index (χ2v) is 8.02. The third-order valence-electron chi connectivity index (χ3n) is 4.30. The summed E-state index contributed by atoms with van der Waals surface area (Å²) in [6.07, 6.45) is 3.12. The lowest BCUT2D eigenvalue weighted by Crippen LogP contribution is -2.29. The van der Waals surface area contributed by atoms with Crippen LogP contribution in [0, 0.1) is 26.6 Å². The van der Waals surface area contributed by atoms with Crippen molar-refractivity contribution in [3.63, 3.8) is 0 Å². The van der Waals surface area contributed by atoms with Gasteiger partial charge < -0.3 is 5.32 Å². The summed E-state index contributed by atoms with van der Waals surface area (Å²) in [5.74, 6) is 0.757. The van der Waals surface area contributed by atoms with Gasteiger partial charge in [0.25, 0.3) is 0 Å². The van der Waals surface area contributed by atoms with Crippen LogP contribution in [0.2, 0.25) is 0 Å². The number of sulfonamides is 1. The number of imidazole rings is 1. The van der Waals surface area contributed by atoms with Crippen molar-refractivity contribution in [3.05, 3.63) is 59.7 Å². The number of aromatic nitrogens is 4. The van der Waals surface area contributed by atoms with Gasteiger partial charge >= 0.3 is 0 Å². The Morgan fingerprint density at radius 2 is 1.86 bits per heavy atom. The number of hydrogen-bond acceptors (Lipinski definition) is 6. The van der Waals surface area contributed by atoms with Gasteiger partial charge in [-0.2, -0.15) is 0 Å². The van der Waals surface area contributed by atoms with E-state index >= 15 is 0 Å². The van der Waals surface area contributed by atoms with Crippen LogP contribution in [0.15, 0.2) is 41.8 Å². The molecule has 0 unspecified atom stereocenters. The monoisotopic (exact) mass is 404 g/mol. The van der Waals surface area contributed by atoms with Crippen molar-refractivity contribution in [1.82, 2.24) is 24.2 Å². The largest absolute Gasteiger partial charge is 0.369 e. The van der Waals surface area contributed by atoms with Crippen LogP contribution in [0.4, 0.5) is 10.2 Å². The van der Waals surface area contributed by atoms with E-state index in [4.69, 9.17) is 0 Å². The Labute approximate surface area is 162 Å². The first kappa shape index (κ1) is 19.9. The molecule has 2 heterocycles. The van der Waals surface area contributed by atoms with Crippen LogP contribution in [0.1, 0.15) is 17.0 Å². The molecule has 0 aliphatic rings. The highest BCUT2D eigenvalue weighted by Crippen LogP contribution is 2.16. The molecule has 3 rings (SSSR count). The number of hydrogen-bond donors (Lipinski definition) is 2. The summed E-state index contributed by atoms with van der Waals surface area (Å²) in [6.45, 7) is 5.88. The minimum Gasteiger partial charge on any atom is -0.369 e. The van der Waals surface area contributed by atoms with Crippen molar-refractivity contribution in [2.45, 2.75) is 25.7 Å². The molecule has 0 saturated heterocycles. The summed E-state index contributed by atoms with van der Waals surface area (Å²) in [5, 5.41) is 3.06. The molecule has 10 heteroatoms. The van der Waals surface area contributed by atoms with E-state index in [1.165, 1.54) is 18.5 Å². The normalized spacial score (nSPS) is 11.6. The number of aryl methyl sites for hydroxylation is 2. The maximum Gasteiger partial charge on any atom is 0.240 e. The van der Waals surface area contributed by atoms with E-state index in [9.17, 15) is 12.8 Å². The van der Waals surface area contributed by atoms with E-state index in [1.807, 2.05) is 18.4 Å². The molecule has 2 aromatic heterocycles. The van der Waals surface area contributed by atoms with Crippen molar-refractivity contribution in [2.75, 3.05) is 18.4 Å². The Bertz CT molecular complexity index is 1100. The zero-order chi connectivity index (χ0) is 20.3. The van der Waals surface area contributed by atoms with Gasteiger partial charge in [-0.1, -0.05) is 0 Å². The molecule has 0 saturated carbocycles. The Kier molecular flexibility index (Phi) is 5.71. The summed E-state index contributed by atoms with van der Waals surface area (Å²) in [6, 6.07) is 5.33. The number of halogens is 1. The quantitative estimate of drug-likeness (QED) is 0.585. The average molecular weight is 404 g/mol. The van der Waals surface area contributed by atoms with Crippen LogP contribution < -0.4 is 10.0 Å². The highest BCUT2D eigenvalue weighted by Gasteiger charge is 2.16. The predicted octanol–water partition coefficient (Wildman–Crippen LogP) is 2.12. The number of nitrogens with zero attached hydrogens (tertiary/aromatic N) is 4. The number of nitrogens with one attached hydrogen (secondary N) is 2. The fraction of sp³-hybridized carbons (Fsp3) is 0.278. The lowest BCUT2D eigenvalue weighted by Gasteiger charge is -2.11. The van der Waals surface area contributed by atoms with E-state index < -0.39 is 15.8 Å². The van der Waals surface area contributed by atoms with Gasteiger partial charge in [-0.25, -0.2) is 32.5 Å². The fourth-order valence-electron chi connectivity index (χ4n) is 2.67.